The number of amides is 1. The van der Waals surface area contributed by atoms with Gasteiger partial charge >= 0.3 is 0 Å². The minimum atomic E-state index is -0.195. The highest BCUT2D eigenvalue weighted by molar-refractivity contribution is 9.10. The van der Waals surface area contributed by atoms with Gasteiger partial charge in [-0.3, -0.25) is 4.79 Å². The van der Waals surface area contributed by atoms with Crippen molar-refractivity contribution in [2.45, 2.75) is 53.0 Å². The second-order valence-electron chi connectivity index (χ2n) is 8.01. The molecule has 0 saturated heterocycles. The van der Waals surface area contributed by atoms with E-state index in [1.807, 2.05) is 36.4 Å². The normalized spacial score (nSPS) is 12.4. The smallest absolute Gasteiger partial charge is 0.279 e. The number of benzene rings is 2. The third-order valence-corrected chi connectivity index (χ3v) is 6.68. The lowest BCUT2D eigenvalue weighted by atomic mass is 9.87. The Morgan fingerprint density at radius 1 is 1.03 bits per heavy atom. The highest BCUT2D eigenvalue weighted by Gasteiger charge is 2.16. The highest BCUT2D eigenvalue weighted by atomic mass is 79.9. The molecular formula is C24H27BrN2OS. The lowest BCUT2D eigenvalue weighted by Gasteiger charge is -2.18. The molecule has 0 aliphatic carbocycles. The van der Waals surface area contributed by atoms with Crippen LogP contribution in [0.4, 0.5) is 0 Å². The van der Waals surface area contributed by atoms with E-state index >= 15 is 0 Å². The van der Waals surface area contributed by atoms with Crippen LogP contribution in [0.1, 0.15) is 55.4 Å². The molecule has 1 aromatic heterocycles. The van der Waals surface area contributed by atoms with Crippen molar-refractivity contribution >= 4 is 33.2 Å². The Morgan fingerprint density at radius 3 is 2.17 bits per heavy atom. The van der Waals surface area contributed by atoms with Crippen molar-refractivity contribution in [3.8, 4) is 11.3 Å². The van der Waals surface area contributed by atoms with E-state index in [2.05, 4.69) is 72.2 Å². The first-order valence-corrected chi connectivity index (χ1v) is 11.5. The van der Waals surface area contributed by atoms with Gasteiger partial charge in [-0.05, 0) is 54.2 Å². The Bertz CT molecular complexity index is 1070. The lowest BCUT2D eigenvalue weighted by molar-refractivity contribution is 0.0997. The molecule has 0 spiro atoms. The molecule has 0 radical (unpaired) electrons. The summed E-state index contributed by atoms with van der Waals surface area (Å²) in [7, 11) is 0. The van der Waals surface area contributed by atoms with Crippen LogP contribution < -0.4 is 4.80 Å². The van der Waals surface area contributed by atoms with Gasteiger partial charge in [0.1, 0.15) is 0 Å². The number of carbonyl (C=O) groups excluding carboxylic acids is 1. The van der Waals surface area contributed by atoms with E-state index < -0.39 is 0 Å². The van der Waals surface area contributed by atoms with Crippen LogP contribution in [0, 0.1) is 0 Å². The van der Waals surface area contributed by atoms with Gasteiger partial charge in [0.15, 0.2) is 4.80 Å². The predicted molar refractivity (Wildman–Crippen MR) is 126 cm³/mol. The quantitative estimate of drug-likeness (QED) is 0.422. The molecule has 0 saturated carbocycles. The zero-order valence-electron chi connectivity index (χ0n) is 17.6. The van der Waals surface area contributed by atoms with Gasteiger partial charge in [-0.15, -0.1) is 11.3 Å². The van der Waals surface area contributed by atoms with Crippen LogP contribution in [-0.2, 0) is 18.4 Å². The maximum atomic E-state index is 12.9. The molecule has 29 heavy (non-hydrogen) atoms. The SMILES string of the molecule is CCc1sc(=NC(=O)c2ccc(C(C)(C)C)cc2)n(CC)c1-c1ccc(Br)cc1. The third kappa shape index (κ3) is 4.78. The number of rotatable bonds is 4. The number of nitrogens with zero attached hydrogens (tertiary/aromatic N) is 2. The fourth-order valence-corrected chi connectivity index (χ4v) is 4.68. The molecule has 0 unspecified atom stereocenters. The first kappa shape index (κ1) is 21.7. The summed E-state index contributed by atoms with van der Waals surface area (Å²) in [4.78, 5) is 19.3. The molecule has 152 valence electrons. The van der Waals surface area contributed by atoms with Crippen LogP contribution >= 0.6 is 27.3 Å². The second kappa shape index (κ2) is 8.80. The maximum Gasteiger partial charge on any atom is 0.279 e. The van der Waals surface area contributed by atoms with Crippen LogP contribution in [-0.4, -0.2) is 10.5 Å². The Labute approximate surface area is 185 Å². The fourth-order valence-electron chi connectivity index (χ4n) is 3.26. The Balaban J connectivity index is 2.05. The molecule has 0 N–H and O–H groups in total. The van der Waals surface area contributed by atoms with E-state index in [9.17, 15) is 4.79 Å². The van der Waals surface area contributed by atoms with Crippen LogP contribution in [0.15, 0.2) is 58.0 Å². The van der Waals surface area contributed by atoms with Gasteiger partial charge in [0, 0.05) is 21.5 Å². The van der Waals surface area contributed by atoms with E-state index in [1.54, 1.807) is 11.3 Å². The van der Waals surface area contributed by atoms with E-state index in [4.69, 9.17) is 0 Å². The molecule has 0 aliphatic heterocycles. The van der Waals surface area contributed by atoms with Gasteiger partial charge in [0.05, 0.1) is 5.69 Å². The number of hydrogen-bond donors (Lipinski definition) is 0. The minimum absolute atomic E-state index is 0.0628. The summed E-state index contributed by atoms with van der Waals surface area (Å²) in [6.07, 6.45) is 0.903. The van der Waals surface area contributed by atoms with Crippen molar-refractivity contribution in [3.05, 3.63) is 73.8 Å². The van der Waals surface area contributed by atoms with Crippen molar-refractivity contribution in [2.75, 3.05) is 0 Å². The summed E-state index contributed by atoms with van der Waals surface area (Å²) >= 11 is 5.11. The van der Waals surface area contributed by atoms with Crippen molar-refractivity contribution < 1.29 is 4.79 Å². The monoisotopic (exact) mass is 470 g/mol. The van der Waals surface area contributed by atoms with Crippen LogP contribution in [0.2, 0.25) is 0 Å². The standard InChI is InChI=1S/C24H27BrN2OS/c1-6-20-21(16-10-14-19(25)15-11-16)27(7-2)23(29-20)26-22(28)17-8-12-18(13-9-17)24(3,4)5/h8-15H,6-7H2,1-5H3. The summed E-state index contributed by atoms with van der Waals surface area (Å²) in [6.45, 7) is 11.5. The van der Waals surface area contributed by atoms with Crippen molar-refractivity contribution in [2.24, 2.45) is 4.99 Å². The minimum Gasteiger partial charge on any atom is -0.316 e. The molecule has 1 heterocycles. The van der Waals surface area contributed by atoms with Gasteiger partial charge < -0.3 is 4.57 Å². The topological polar surface area (TPSA) is 34.4 Å². The second-order valence-corrected chi connectivity index (χ2v) is 9.98. The molecule has 3 rings (SSSR count). The molecule has 0 bridgehead atoms. The van der Waals surface area contributed by atoms with Crippen molar-refractivity contribution in [1.29, 1.82) is 0 Å². The van der Waals surface area contributed by atoms with Crippen LogP contribution in [0.25, 0.3) is 11.3 Å². The summed E-state index contributed by atoms with van der Waals surface area (Å²) in [5.41, 5.74) is 4.19. The van der Waals surface area contributed by atoms with Crippen LogP contribution in [0.5, 0.6) is 0 Å². The van der Waals surface area contributed by atoms with Crippen LogP contribution in [0.3, 0.4) is 0 Å². The molecule has 0 fully saturated rings. The summed E-state index contributed by atoms with van der Waals surface area (Å²) in [5.74, 6) is -0.195. The van der Waals surface area contributed by atoms with Crippen molar-refractivity contribution in [3.63, 3.8) is 0 Å². The summed E-state index contributed by atoms with van der Waals surface area (Å²) < 4.78 is 3.20. The number of aryl methyl sites for hydroxylation is 1. The molecule has 2 aromatic carbocycles. The number of carbonyl (C=O) groups is 1. The van der Waals surface area contributed by atoms with Gasteiger partial charge in [-0.1, -0.05) is 67.9 Å². The number of thiazole rings is 1. The number of hydrogen-bond acceptors (Lipinski definition) is 2. The predicted octanol–water partition coefficient (Wildman–Crippen LogP) is 6.60. The van der Waals surface area contributed by atoms with Gasteiger partial charge in [0.25, 0.3) is 5.91 Å². The Morgan fingerprint density at radius 2 is 1.66 bits per heavy atom. The Kier molecular flexibility index (Phi) is 6.59. The van der Waals surface area contributed by atoms with Crippen molar-refractivity contribution in [1.82, 2.24) is 4.57 Å². The zero-order valence-corrected chi connectivity index (χ0v) is 20.0. The average molecular weight is 471 g/mol. The molecule has 1 amide bonds. The Hall–Kier alpha value is -1.98. The lowest BCUT2D eigenvalue weighted by Crippen LogP contribution is -2.17. The first-order chi connectivity index (χ1) is 13.7. The number of halogens is 1. The third-order valence-electron chi connectivity index (χ3n) is 4.93. The molecule has 0 aliphatic rings. The van der Waals surface area contributed by atoms with Gasteiger partial charge in [0.2, 0.25) is 0 Å². The molecule has 5 heteroatoms. The van der Waals surface area contributed by atoms with Gasteiger partial charge in [-0.2, -0.15) is 4.99 Å². The molecule has 3 aromatic rings. The van der Waals surface area contributed by atoms with E-state index in [1.165, 1.54) is 10.4 Å². The molecule has 3 nitrogen and oxygen atoms in total. The average Bonchev–Trinajstić information content (AvgIpc) is 3.05. The first-order valence-electron chi connectivity index (χ1n) is 9.92. The van der Waals surface area contributed by atoms with E-state index in [-0.39, 0.29) is 11.3 Å². The molecular weight excluding hydrogens is 444 g/mol. The highest BCUT2D eigenvalue weighted by Crippen LogP contribution is 2.28. The van der Waals surface area contributed by atoms with Gasteiger partial charge in [-0.25, -0.2) is 0 Å². The fraction of sp³-hybridized carbons (Fsp3) is 0.333. The summed E-state index contributed by atoms with van der Waals surface area (Å²) in [5, 5.41) is 0. The summed E-state index contributed by atoms with van der Waals surface area (Å²) in [6, 6.07) is 16.1. The zero-order chi connectivity index (χ0) is 21.2. The van der Waals surface area contributed by atoms with E-state index in [0.29, 0.717) is 5.56 Å². The maximum absolute atomic E-state index is 12.9. The largest absolute Gasteiger partial charge is 0.316 e. The number of aromatic nitrogens is 1. The molecule has 0 atom stereocenters. The van der Waals surface area contributed by atoms with E-state index in [0.717, 1.165) is 33.5 Å².